The number of amides is 1. The van der Waals surface area contributed by atoms with Crippen molar-refractivity contribution < 1.29 is 14.6 Å². The second-order valence-corrected chi connectivity index (χ2v) is 5.70. The fourth-order valence-electron chi connectivity index (χ4n) is 2.04. The zero-order valence-electron chi connectivity index (χ0n) is 14.5. The first-order valence-corrected chi connectivity index (χ1v) is 7.82. The number of hydrogen-bond donors (Lipinski definition) is 2. The van der Waals surface area contributed by atoms with Crippen LogP contribution < -0.4 is 10.1 Å². The summed E-state index contributed by atoms with van der Waals surface area (Å²) in [5, 5.41) is 12.4. The molecule has 0 aromatic heterocycles. The fourth-order valence-corrected chi connectivity index (χ4v) is 2.04. The van der Waals surface area contributed by atoms with E-state index in [0.29, 0.717) is 24.6 Å². The van der Waals surface area contributed by atoms with Crippen LogP contribution in [0.3, 0.4) is 0 Å². The molecule has 4 nitrogen and oxygen atoms in total. The molecule has 0 saturated heterocycles. The van der Waals surface area contributed by atoms with Gasteiger partial charge in [0.25, 0.3) is 0 Å². The maximum atomic E-state index is 11.8. The summed E-state index contributed by atoms with van der Waals surface area (Å²) in [5.41, 5.74) is 0.905. The molecule has 1 aromatic carbocycles. The van der Waals surface area contributed by atoms with Crippen LogP contribution in [0.4, 0.5) is 0 Å². The molecule has 0 atom stereocenters. The van der Waals surface area contributed by atoms with Crippen molar-refractivity contribution in [2.45, 2.75) is 46.1 Å². The second kappa shape index (κ2) is 12.4. The van der Waals surface area contributed by atoms with Crippen molar-refractivity contribution in [1.82, 2.24) is 5.32 Å². The number of carbonyl (C=O) groups is 1. The zero-order chi connectivity index (χ0) is 16.4. The number of phenolic OH excluding ortho intramolecular Hbond substituents is 1. The van der Waals surface area contributed by atoms with Gasteiger partial charge in [-0.1, -0.05) is 32.1 Å². The van der Waals surface area contributed by atoms with E-state index in [2.05, 4.69) is 31.3 Å². The van der Waals surface area contributed by atoms with Gasteiger partial charge in [-0.3, -0.25) is 4.79 Å². The van der Waals surface area contributed by atoms with Crippen molar-refractivity contribution in [1.29, 1.82) is 0 Å². The number of nitrogens with one attached hydrogen (secondary N) is 1. The van der Waals surface area contributed by atoms with Crippen LogP contribution in [0.15, 0.2) is 30.4 Å². The molecule has 5 heteroatoms. The quantitative estimate of drug-likeness (QED) is 0.303. The van der Waals surface area contributed by atoms with Crippen LogP contribution in [-0.4, -0.2) is 45.4 Å². The molecule has 1 amide bonds. The molecular formula is C18H29NO3Pb. The van der Waals surface area contributed by atoms with Gasteiger partial charge in [-0.15, -0.1) is 0 Å². The topological polar surface area (TPSA) is 58.6 Å². The number of ether oxygens (including phenoxy) is 1. The number of rotatable bonds is 9. The van der Waals surface area contributed by atoms with Crippen molar-refractivity contribution in [3.63, 3.8) is 0 Å². The molecule has 0 aliphatic carbocycles. The average molecular weight is 515 g/mol. The van der Waals surface area contributed by atoms with Crippen molar-refractivity contribution in [2.75, 3.05) is 7.11 Å². The third kappa shape index (κ3) is 9.63. The fraction of sp³-hybridized carbons (Fsp3) is 0.500. The summed E-state index contributed by atoms with van der Waals surface area (Å²) in [5.74, 6) is 1.17. The van der Waals surface area contributed by atoms with Crippen LogP contribution in [0.1, 0.15) is 45.1 Å². The van der Waals surface area contributed by atoms with Crippen molar-refractivity contribution in [3.8, 4) is 11.5 Å². The molecule has 128 valence electrons. The van der Waals surface area contributed by atoms with Gasteiger partial charge in [0.1, 0.15) is 0 Å². The summed E-state index contributed by atoms with van der Waals surface area (Å²) in [7, 11) is 1.51. The summed E-state index contributed by atoms with van der Waals surface area (Å²) in [6.07, 6.45) is 7.88. The van der Waals surface area contributed by atoms with Gasteiger partial charge in [0.15, 0.2) is 11.5 Å². The monoisotopic (exact) mass is 515 g/mol. The van der Waals surface area contributed by atoms with Crippen LogP contribution in [-0.2, 0) is 11.3 Å². The van der Waals surface area contributed by atoms with Crippen LogP contribution in [0, 0.1) is 5.92 Å². The molecule has 1 aromatic rings. The Morgan fingerprint density at radius 1 is 1.35 bits per heavy atom. The molecule has 1 rings (SSSR count). The van der Waals surface area contributed by atoms with E-state index in [-0.39, 0.29) is 39.0 Å². The van der Waals surface area contributed by atoms with E-state index in [1.54, 1.807) is 18.2 Å². The van der Waals surface area contributed by atoms with Gasteiger partial charge in [0.2, 0.25) is 5.91 Å². The number of hydrogen-bond acceptors (Lipinski definition) is 3. The van der Waals surface area contributed by atoms with E-state index in [9.17, 15) is 9.90 Å². The van der Waals surface area contributed by atoms with Gasteiger partial charge in [0, 0.05) is 13.0 Å². The number of methoxy groups -OCH3 is 1. The first kappa shape index (κ1) is 22.0. The average Bonchev–Trinajstić information content (AvgIpc) is 2.49. The predicted molar refractivity (Wildman–Crippen MR) is 97.5 cm³/mol. The number of aromatic hydroxyl groups is 1. The normalized spacial score (nSPS) is 10.6. The minimum atomic E-state index is 0. The Kier molecular flexibility index (Phi) is 11.8. The molecule has 0 fully saturated rings. The molecule has 0 spiro atoms. The number of phenols is 1. The molecule has 0 aliphatic heterocycles. The molecule has 0 saturated carbocycles. The molecule has 2 radical (unpaired) electrons. The molecule has 0 bridgehead atoms. The van der Waals surface area contributed by atoms with E-state index in [4.69, 9.17) is 4.74 Å². The Labute approximate surface area is 159 Å². The van der Waals surface area contributed by atoms with E-state index >= 15 is 0 Å². The Morgan fingerprint density at radius 2 is 2.09 bits per heavy atom. The van der Waals surface area contributed by atoms with Crippen LogP contribution >= 0.6 is 0 Å². The number of carbonyl (C=O) groups excluding carboxylic acids is 1. The summed E-state index contributed by atoms with van der Waals surface area (Å²) in [6.45, 7) is 4.76. The van der Waals surface area contributed by atoms with E-state index in [1.165, 1.54) is 7.11 Å². The van der Waals surface area contributed by atoms with Crippen molar-refractivity contribution in [3.05, 3.63) is 35.9 Å². The first-order valence-electron chi connectivity index (χ1n) is 7.82. The standard InChI is InChI=1S/C18H27NO3.Pb.2H/c1-14(2)8-6-4-5-7-9-18(21)19-13-15-10-11-16(20)17(12-15)22-3;;;/h6,8,10-12,14,20H,4-5,7,9,13H2,1-3H3,(H,19,21);;;/b8-6+;;;. The Balaban J connectivity index is 0.00000484. The Morgan fingerprint density at radius 3 is 2.74 bits per heavy atom. The number of benzene rings is 1. The van der Waals surface area contributed by atoms with E-state index in [1.807, 2.05) is 0 Å². The molecular weight excluding hydrogens is 485 g/mol. The molecule has 0 heterocycles. The number of allylic oxidation sites excluding steroid dienone is 2. The van der Waals surface area contributed by atoms with Crippen LogP contribution in [0.5, 0.6) is 11.5 Å². The Hall–Kier alpha value is -1.05. The Bertz CT molecular complexity index is 501. The second-order valence-electron chi connectivity index (χ2n) is 5.70. The van der Waals surface area contributed by atoms with Crippen LogP contribution in [0.25, 0.3) is 0 Å². The van der Waals surface area contributed by atoms with Gasteiger partial charge >= 0.3 is 27.3 Å². The summed E-state index contributed by atoms with van der Waals surface area (Å²) in [4.78, 5) is 11.8. The predicted octanol–water partition coefficient (Wildman–Crippen LogP) is 2.87. The van der Waals surface area contributed by atoms with Crippen LogP contribution in [0.2, 0.25) is 0 Å². The van der Waals surface area contributed by atoms with E-state index < -0.39 is 0 Å². The molecule has 0 unspecified atom stereocenters. The zero-order valence-corrected chi connectivity index (χ0v) is 20.0. The SMILES string of the molecule is COc1cc(CNC(=O)CCCC/C=C/C(C)C)ccc1O.[PbH2]. The van der Waals surface area contributed by atoms with Crippen molar-refractivity contribution >= 4 is 33.2 Å². The summed E-state index contributed by atoms with van der Waals surface area (Å²) >= 11 is 0. The van der Waals surface area contributed by atoms with Gasteiger partial charge in [-0.25, -0.2) is 0 Å². The van der Waals surface area contributed by atoms with Gasteiger partial charge < -0.3 is 15.2 Å². The molecule has 0 aliphatic rings. The molecule has 2 N–H and O–H groups in total. The first-order chi connectivity index (χ1) is 10.5. The number of unbranched alkanes of at least 4 members (excludes halogenated alkanes) is 2. The third-order valence-electron chi connectivity index (χ3n) is 3.28. The minimum absolute atomic E-state index is 0. The van der Waals surface area contributed by atoms with Gasteiger partial charge in [-0.2, -0.15) is 0 Å². The molecule has 23 heavy (non-hydrogen) atoms. The summed E-state index contributed by atoms with van der Waals surface area (Å²) in [6, 6.07) is 5.07. The van der Waals surface area contributed by atoms with Gasteiger partial charge in [-0.05, 0) is 42.9 Å². The summed E-state index contributed by atoms with van der Waals surface area (Å²) < 4.78 is 5.04. The van der Waals surface area contributed by atoms with Crippen molar-refractivity contribution in [2.24, 2.45) is 5.92 Å². The van der Waals surface area contributed by atoms with E-state index in [0.717, 1.165) is 24.8 Å². The van der Waals surface area contributed by atoms with Gasteiger partial charge in [0.05, 0.1) is 7.11 Å². The maximum absolute atomic E-state index is 11.8. The third-order valence-corrected chi connectivity index (χ3v) is 3.28.